The summed E-state index contributed by atoms with van der Waals surface area (Å²) in [5.41, 5.74) is 4.12. The number of hydrogen-bond acceptors (Lipinski definition) is 7. The van der Waals surface area contributed by atoms with Gasteiger partial charge in [0.1, 0.15) is 12.1 Å². The predicted octanol–water partition coefficient (Wildman–Crippen LogP) is 3.34. The summed E-state index contributed by atoms with van der Waals surface area (Å²) < 4.78 is 0. The van der Waals surface area contributed by atoms with Crippen molar-refractivity contribution in [1.82, 2.24) is 25.8 Å². The van der Waals surface area contributed by atoms with Gasteiger partial charge in [0.2, 0.25) is 17.6 Å². The topological polar surface area (TPSA) is 164 Å². The van der Waals surface area contributed by atoms with Gasteiger partial charge in [0.15, 0.2) is 0 Å². The average molecular weight is 631 g/mol. The van der Waals surface area contributed by atoms with Gasteiger partial charge < -0.3 is 26.6 Å². The van der Waals surface area contributed by atoms with Gasteiger partial charge in [0.25, 0.3) is 5.91 Å². The van der Waals surface area contributed by atoms with Crippen LogP contribution in [0.15, 0.2) is 23.7 Å². The quantitative estimate of drug-likeness (QED) is 0.193. The van der Waals surface area contributed by atoms with E-state index >= 15 is 0 Å². The Bertz CT molecular complexity index is 1220. The Morgan fingerprint density at radius 3 is 2.34 bits per heavy atom. The Balaban J connectivity index is 1.83. The van der Waals surface area contributed by atoms with Crippen LogP contribution >= 0.6 is 11.3 Å². The number of rotatable bonds is 13. The third-order valence-corrected chi connectivity index (χ3v) is 9.58. The van der Waals surface area contributed by atoms with Gasteiger partial charge in [0.05, 0.1) is 11.0 Å². The maximum absolute atomic E-state index is 14.3. The summed E-state index contributed by atoms with van der Waals surface area (Å²) in [6.07, 6.45) is 9.71. The molecule has 2 aliphatic rings. The van der Waals surface area contributed by atoms with Crippen molar-refractivity contribution in [3.05, 3.63) is 28.7 Å². The van der Waals surface area contributed by atoms with E-state index in [1.165, 1.54) is 16.2 Å². The first-order chi connectivity index (χ1) is 20.5. The maximum atomic E-state index is 14.3. The zero-order valence-electron chi connectivity index (χ0n) is 27.1. The number of hydrogen-bond donors (Lipinski definition) is 4. The normalized spacial score (nSPS) is 22.7. The number of nitrogens with one attached hydrogen (secondary N) is 3. The van der Waals surface area contributed by atoms with E-state index in [0.717, 1.165) is 24.3 Å². The molecule has 244 valence electrons. The van der Waals surface area contributed by atoms with Crippen LogP contribution in [0.25, 0.3) is 0 Å². The van der Waals surface area contributed by atoms with Gasteiger partial charge in [-0.1, -0.05) is 73.0 Å². The fraction of sp³-hybridized carbons (Fsp3) is 0.688. The number of primary amides is 1. The van der Waals surface area contributed by atoms with Crippen molar-refractivity contribution in [2.75, 3.05) is 6.54 Å². The molecule has 1 aromatic heterocycles. The Kier molecular flexibility index (Phi) is 11.7. The molecular weight excluding hydrogens is 580 g/mol. The number of carbonyl (C=O) groups excluding carboxylic acids is 5. The Morgan fingerprint density at radius 1 is 1.16 bits per heavy atom. The lowest BCUT2D eigenvalue weighted by molar-refractivity contribution is -0.143. The molecule has 0 radical (unpaired) electrons. The lowest BCUT2D eigenvalue weighted by atomic mass is 9.80. The van der Waals surface area contributed by atoms with E-state index in [-0.39, 0.29) is 30.3 Å². The molecule has 5 amide bonds. The third kappa shape index (κ3) is 9.12. The second-order valence-electron chi connectivity index (χ2n) is 14.1. The number of Topliss-reactive ketones (excluding diaryl/α,β-unsaturated/α-hetero) is 1. The molecule has 0 spiro atoms. The van der Waals surface area contributed by atoms with Gasteiger partial charge in [-0.05, 0) is 37.0 Å². The van der Waals surface area contributed by atoms with Crippen molar-refractivity contribution >= 4 is 40.9 Å². The number of amides is 5. The van der Waals surface area contributed by atoms with E-state index in [2.05, 4.69) is 20.9 Å². The smallest absolute Gasteiger partial charge is 0.315 e. The van der Waals surface area contributed by atoms with E-state index in [0.29, 0.717) is 19.3 Å². The Hall–Kier alpha value is -3.28. The molecule has 1 unspecified atom stereocenters. The number of ketones is 1. The Labute approximate surface area is 265 Å². The number of aromatic nitrogens is 1. The van der Waals surface area contributed by atoms with E-state index in [9.17, 15) is 24.0 Å². The number of carbonyl (C=O) groups is 5. The van der Waals surface area contributed by atoms with Crippen LogP contribution in [-0.4, -0.2) is 70.1 Å². The molecule has 0 aromatic carbocycles. The number of thiazole rings is 1. The SMILES string of the molecule is CC=C[C@@]1(C)C[C@@H](C(=O)NC(CC2CCC2)C(=O)C(N)=O)N(C(=O)[C@@H](NC(=O)N[C@H](Cc2nccs2)C(C)C)C(C)(C)C)C1. The van der Waals surface area contributed by atoms with E-state index in [4.69, 9.17) is 5.73 Å². The first kappa shape index (κ1) is 35.2. The van der Waals surface area contributed by atoms with Crippen molar-refractivity contribution in [3.8, 4) is 0 Å². The zero-order valence-corrected chi connectivity index (χ0v) is 28.0. The number of urea groups is 1. The molecule has 2 heterocycles. The standard InChI is InChI=1S/C32H50N6O5S/c1-8-12-32(7)17-23(28(41)35-22(25(39)27(33)40)15-20-10-9-11-20)38(18-32)29(42)26(31(4,5)6)37-30(43)36-21(19(2)3)16-24-34-13-14-44-24/h8,12-14,19-23,26H,9-11,15-18H2,1-7H3,(H2,33,40)(H,35,41)(H2,36,37,43)/t21-,22?,23+,26-,32+/m1/s1. The third-order valence-electron chi connectivity index (χ3n) is 8.78. The number of nitrogens with zero attached hydrogens (tertiary/aromatic N) is 2. The maximum Gasteiger partial charge on any atom is 0.315 e. The highest BCUT2D eigenvalue weighted by atomic mass is 32.1. The van der Waals surface area contributed by atoms with Crippen molar-refractivity contribution in [2.24, 2.45) is 28.4 Å². The minimum atomic E-state index is -1.09. The van der Waals surface area contributed by atoms with Crippen LogP contribution < -0.4 is 21.7 Å². The number of likely N-dealkylation sites (tertiary alicyclic amines) is 1. The molecule has 5 atom stereocenters. The van der Waals surface area contributed by atoms with Crippen LogP contribution in [0.3, 0.4) is 0 Å². The van der Waals surface area contributed by atoms with Crippen molar-refractivity contribution in [1.29, 1.82) is 0 Å². The summed E-state index contributed by atoms with van der Waals surface area (Å²) in [5.74, 6) is -2.47. The minimum absolute atomic E-state index is 0.123. The zero-order chi connectivity index (χ0) is 32.8. The Morgan fingerprint density at radius 2 is 1.84 bits per heavy atom. The number of allylic oxidation sites excluding steroid dienone is 1. The molecule has 1 aromatic rings. The van der Waals surface area contributed by atoms with Crippen molar-refractivity contribution < 1.29 is 24.0 Å². The largest absolute Gasteiger partial charge is 0.363 e. The van der Waals surface area contributed by atoms with Gasteiger partial charge >= 0.3 is 6.03 Å². The van der Waals surface area contributed by atoms with Gasteiger partial charge in [-0.2, -0.15) is 0 Å². The fourth-order valence-electron chi connectivity index (χ4n) is 5.99. The van der Waals surface area contributed by atoms with Gasteiger partial charge in [-0.25, -0.2) is 9.78 Å². The van der Waals surface area contributed by atoms with Crippen LogP contribution in [0.2, 0.25) is 0 Å². The highest BCUT2D eigenvalue weighted by Crippen LogP contribution is 2.38. The van der Waals surface area contributed by atoms with Crippen LogP contribution in [0.1, 0.15) is 85.6 Å². The second-order valence-corrected chi connectivity index (χ2v) is 15.0. The van der Waals surface area contributed by atoms with Gasteiger partial charge in [0, 0.05) is 36.0 Å². The van der Waals surface area contributed by atoms with E-state index in [1.807, 2.05) is 66.0 Å². The number of nitrogens with two attached hydrogens (primary N) is 1. The van der Waals surface area contributed by atoms with Crippen molar-refractivity contribution in [3.63, 3.8) is 0 Å². The summed E-state index contributed by atoms with van der Waals surface area (Å²) >= 11 is 1.52. The summed E-state index contributed by atoms with van der Waals surface area (Å²) in [6, 6.07) is -3.56. The van der Waals surface area contributed by atoms with Crippen LogP contribution in [0.4, 0.5) is 4.79 Å². The molecule has 44 heavy (non-hydrogen) atoms. The summed E-state index contributed by atoms with van der Waals surface area (Å²) in [4.78, 5) is 71.8. The van der Waals surface area contributed by atoms with Crippen molar-refractivity contribution in [2.45, 2.75) is 111 Å². The average Bonchev–Trinajstić information content (AvgIpc) is 3.54. The van der Waals surface area contributed by atoms with E-state index in [1.54, 1.807) is 6.20 Å². The molecule has 1 saturated carbocycles. The van der Waals surface area contributed by atoms with Crippen LogP contribution in [0.5, 0.6) is 0 Å². The summed E-state index contributed by atoms with van der Waals surface area (Å²) in [7, 11) is 0. The highest BCUT2D eigenvalue weighted by molar-refractivity contribution is 7.09. The minimum Gasteiger partial charge on any atom is -0.363 e. The molecule has 3 rings (SSSR count). The first-order valence-electron chi connectivity index (χ1n) is 15.6. The summed E-state index contributed by atoms with van der Waals surface area (Å²) in [5, 5.41) is 11.5. The molecular formula is C32H50N6O5S. The van der Waals surface area contributed by atoms with Crippen LogP contribution in [0, 0.1) is 22.7 Å². The molecule has 0 bridgehead atoms. The second kappa shape index (κ2) is 14.7. The molecule has 11 nitrogen and oxygen atoms in total. The monoisotopic (exact) mass is 630 g/mol. The first-order valence-corrected chi connectivity index (χ1v) is 16.5. The molecule has 5 N–H and O–H groups in total. The van der Waals surface area contributed by atoms with Gasteiger partial charge in [-0.15, -0.1) is 11.3 Å². The van der Waals surface area contributed by atoms with E-state index < -0.39 is 52.6 Å². The fourth-order valence-corrected chi connectivity index (χ4v) is 6.66. The van der Waals surface area contributed by atoms with Gasteiger partial charge in [-0.3, -0.25) is 19.2 Å². The molecule has 2 fully saturated rings. The van der Waals surface area contributed by atoms with Crippen LogP contribution in [-0.2, 0) is 25.6 Å². The predicted molar refractivity (Wildman–Crippen MR) is 170 cm³/mol. The lowest BCUT2D eigenvalue weighted by Crippen LogP contribution is -2.61. The molecule has 1 saturated heterocycles. The highest BCUT2D eigenvalue weighted by Gasteiger charge is 2.49. The molecule has 1 aliphatic heterocycles. The lowest BCUT2D eigenvalue weighted by Gasteiger charge is -2.36. The molecule has 1 aliphatic carbocycles. The molecule has 12 heteroatoms. The summed E-state index contributed by atoms with van der Waals surface area (Å²) in [6.45, 7) is 13.7.